The summed E-state index contributed by atoms with van der Waals surface area (Å²) in [4.78, 5) is 11.7. The number of nitrogens with zero attached hydrogens (tertiary/aromatic N) is 1. The Morgan fingerprint density at radius 2 is 2.25 bits per heavy atom. The number of anilines is 1. The number of nitrogen functional groups attached to an aromatic ring is 1. The Morgan fingerprint density at radius 1 is 1.56 bits per heavy atom. The molecule has 1 aliphatic heterocycles. The summed E-state index contributed by atoms with van der Waals surface area (Å²) in [5.74, 6) is 1.37. The van der Waals surface area contributed by atoms with Crippen LogP contribution in [0, 0.1) is 0 Å². The van der Waals surface area contributed by atoms with Crippen LogP contribution in [-0.2, 0) is 10.8 Å². The van der Waals surface area contributed by atoms with E-state index in [0.29, 0.717) is 17.1 Å². The van der Waals surface area contributed by atoms with Crippen molar-refractivity contribution in [3.8, 4) is 0 Å². The van der Waals surface area contributed by atoms with Gasteiger partial charge in [-0.3, -0.25) is 14.1 Å². The number of carbonyl (C=O) groups excluding carboxylic acids is 1. The molecule has 0 aliphatic carbocycles. The first-order chi connectivity index (χ1) is 7.66. The molecule has 16 heavy (non-hydrogen) atoms. The van der Waals surface area contributed by atoms with Crippen molar-refractivity contribution >= 4 is 22.5 Å². The number of aromatic nitrogens is 2. The standard InChI is InChI=1S/C9H14N4O2S/c10-8-7(5-11-13-8)9(14)12-6-1-3-16(15)4-2-6/h5-6H,1-4H2,(H,12,14)(H3,10,11,13). The van der Waals surface area contributed by atoms with Gasteiger partial charge in [0.1, 0.15) is 11.4 Å². The molecule has 0 atom stereocenters. The van der Waals surface area contributed by atoms with E-state index < -0.39 is 10.8 Å². The summed E-state index contributed by atoms with van der Waals surface area (Å²) in [6.45, 7) is 0. The molecular formula is C9H14N4O2S. The second-order valence-corrected chi connectivity index (χ2v) is 5.49. The van der Waals surface area contributed by atoms with E-state index in [1.165, 1.54) is 6.20 Å². The number of hydrogen-bond donors (Lipinski definition) is 3. The lowest BCUT2D eigenvalue weighted by atomic mass is 10.1. The maximum atomic E-state index is 11.7. The fraction of sp³-hybridized carbons (Fsp3) is 0.556. The molecule has 0 aromatic carbocycles. The van der Waals surface area contributed by atoms with E-state index in [0.717, 1.165) is 12.8 Å². The van der Waals surface area contributed by atoms with Gasteiger partial charge in [-0.2, -0.15) is 5.10 Å². The van der Waals surface area contributed by atoms with Gasteiger partial charge in [0.2, 0.25) is 0 Å². The zero-order valence-corrected chi connectivity index (χ0v) is 9.55. The summed E-state index contributed by atoms with van der Waals surface area (Å²) in [6.07, 6.45) is 2.93. The molecule has 2 rings (SSSR count). The first-order valence-corrected chi connectivity index (χ1v) is 6.60. The molecule has 4 N–H and O–H groups in total. The number of hydrogen-bond acceptors (Lipinski definition) is 4. The highest BCUT2D eigenvalue weighted by molar-refractivity contribution is 7.85. The summed E-state index contributed by atoms with van der Waals surface area (Å²) in [6, 6.07) is 0.0968. The second-order valence-electron chi connectivity index (χ2n) is 3.79. The summed E-state index contributed by atoms with van der Waals surface area (Å²) in [5.41, 5.74) is 5.91. The molecule has 1 aromatic heterocycles. The first kappa shape index (κ1) is 11.1. The van der Waals surface area contributed by atoms with Crippen molar-refractivity contribution in [2.75, 3.05) is 17.2 Å². The van der Waals surface area contributed by atoms with Crippen molar-refractivity contribution in [1.29, 1.82) is 0 Å². The Hall–Kier alpha value is -1.37. The number of H-pyrrole nitrogens is 1. The maximum absolute atomic E-state index is 11.7. The van der Waals surface area contributed by atoms with Crippen LogP contribution in [0.25, 0.3) is 0 Å². The average Bonchev–Trinajstić information content (AvgIpc) is 2.68. The lowest BCUT2D eigenvalue weighted by Gasteiger charge is -2.22. The predicted molar refractivity (Wildman–Crippen MR) is 61.4 cm³/mol. The second kappa shape index (κ2) is 4.65. The van der Waals surface area contributed by atoms with Crippen LogP contribution in [0.5, 0.6) is 0 Å². The highest BCUT2D eigenvalue weighted by Crippen LogP contribution is 2.11. The Balaban J connectivity index is 1.93. The van der Waals surface area contributed by atoms with Crippen molar-refractivity contribution in [2.45, 2.75) is 18.9 Å². The number of nitrogens with two attached hydrogens (primary N) is 1. The van der Waals surface area contributed by atoms with E-state index in [4.69, 9.17) is 5.73 Å². The largest absolute Gasteiger partial charge is 0.383 e. The summed E-state index contributed by atoms with van der Waals surface area (Å²) in [7, 11) is -0.711. The number of nitrogens with one attached hydrogen (secondary N) is 2. The van der Waals surface area contributed by atoms with Crippen molar-refractivity contribution in [2.24, 2.45) is 0 Å². The molecule has 0 radical (unpaired) electrons. The van der Waals surface area contributed by atoms with E-state index in [1.54, 1.807) is 0 Å². The van der Waals surface area contributed by atoms with Crippen molar-refractivity contribution in [1.82, 2.24) is 15.5 Å². The average molecular weight is 242 g/mol. The molecule has 2 heterocycles. The monoisotopic (exact) mass is 242 g/mol. The van der Waals surface area contributed by atoms with Gasteiger partial charge in [-0.1, -0.05) is 0 Å². The van der Waals surface area contributed by atoms with E-state index in [9.17, 15) is 9.00 Å². The van der Waals surface area contributed by atoms with Crippen molar-refractivity contribution in [3.63, 3.8) is 0 Å². The van der Waals surface area contributed by atoms with Gasteiger partial charge in [-0.15, -0.1) is 0 Å². The molecule has 1 aromatic rings. The third kappa shape index (κ3) is 2.41. The van der Waals surface area contributed by atoms with Gasteiger partial charge in [0.15, 0.2) is 0 Å². The molecule has 0 saturated carbocycles. The smallest absolute Gasteiger partial charge is 0.256 e. The quantitative estimate of drug-likeness (QED) is 0.658. The van der Waals surface area contributed by atoms with E-state index in [1.807, 2.05) is 0 Å². The van der Waals surface area contributed by atoms with Gasteiger partial charge in [0.25, 0.3) is 5.91 Å². The normalized spacial score (nSPS) is 25.2. The van der Waals surface area contributed by atoms with Gasteiger partial charge in [0.05, 0.1) is 6.20 Å². The summed E-state index contributed by atoms with van der Waals surface area (Å²) < 4.78 is 11.1. The highest BCUT2D eigenvalue weighted by atomic mass is 32.2. The molecule has 1 fully saturated rings. The zero-order valence-electron chi connectivity index (χ0n) is 8.73. The van der Waals surface area contributed by atoms with Crippen LogP contribution >= 0.6 is 0 Å². The minimum absolute atomic E-state index is 0.0968. The molecule has 7 heteroatoms. The van der Waals surface area contributed by atoms with E-state index in [-0.39, 0.29) is 17.8 Å². The number of amides is 1. The molecule has 0 unspecified atom stereocenters. The predicted octanol–water partition coefficient (Wildman–Crippen LogP) is -0.367. The number of carbonyl (C=O) groups is 1. The molecule has 6 nitrogen and oxygen atoms in total. The zero-order chi connectivity index (χ0) is 11.5. The highest BCUT2D eigenvalue weighted by Gasteiger charge is 2.21. The van der Waals surface area contributed by atoms with Crippen LogP contribution < -0.4 is 11.1 Å². The molecule has 0 bridgehead atoms. The Bertz CT molecular complexity index is 407. The summed E-state index contributed by atoms with van der Waals surface area (Å²) >= 11 is 0. The van der Waals surface area contributed by atoms with Crippen LogP contribution in [0.15, 0.2) is 6.20 Å². The third-order valence-electron chi connectivity index (χ3n) is 2.64. The van der Waals surface area contributed by atoms with Crippen LogP contribution in [0.3, 0.4) is 0 Å². The van der Waals surface area contributed by atoms with Crippen LogP contribution in [0.4, 0.5) is 5.82 Å². The third-order valence-corrected chi connectivity index (χ3v) is 4.02. The van der Waals surface area contributed by atoms with Gasteiger partial charge in [-0.05, 0) is 12.8 Å². The number of rotatable bonds is 2. The Kier molecular flexibility index (Phi) is 3.23. The molecule has 1 aliphatic rings. The van der Waals surface area contributed by atoms with Crippen LogP contribution in [0.2, 0.25) is 0 Å². The Labute approximate surface area is 95.4 Å². The minimum atomic E-state index is -0.711. The topological polar surface area (TPSA) is 101 Å². The lowest BCUT2D eigenvalue weighted by Crippen LogP contribution is -2.39. The van der Waals surface area contributed by atoms with Gasteiger partial charge in [-0.25, -0.2) is 0 Å². The minimum Gasteiger partial charge on any atom is -0.383 e. The van der Waals surface area contributed by atoms with Gasteiger partial charge >= 0.3 is 0 Å². The molecule has 1 amide bonds. The molecular weight excluding hydrogens is 228 g/mol. The first-order valence-electron chi connectivity index (χ1n) is 5.11. The van der Waals surface area contributed by atoms with E-state index >= 15 is 0 Å². The maximum Gasteiger partial charge on any atom is 0.256 e. The molecule has 0 spiro atoms. The van der Waals surface area contributed by atoms with E-state index in [2.05, 4.69) is 15.5 Å². The fourth-order valence-corrected chi connectivity index (χ4v) is 2.98. The van der Waals surface area contributed by atoms with Crippen LogP contribution in [-0.4, -0.2) is 37.9 Å². The molecule has 88 valence electrons. The van der Waals surface area contributed by atoms with Gasteiger partial charge < -0.3 is 11.1 Å². The summed E-state index contributed by atoms with van der Waals surface area (Å²) in [5, 5.41) is 9.07. The van der Waals surface area contributed by atoms with Crippen LogP contribution in [0.1, 0.15) is 23.2 Å². The lowest BCUT2D eigenvalue weighted by molar-refractivity contribution is 0.0935. The van der Waals surface area contributed by atoms with Crippen molar-refractivity contribution < 1.29 is 9.00 Å². The number of aromatic amines is 1. The fourth-order valence-electron chi connectivity index (χ4n) is 1.68. The SMILES string of the molecule is Nc1[nH]ncc1C(=O)NC1CCS(=O)CC1. The van der Waals surface area contributed by atoms with Crippen molar-refractivity contribution in [3.05, 3.63) is 11.8 Å². The molecule has 1 saturated heterocycles. The Morgan fingerprint density at radius 3 is 2.81 bits per heavy atom. The van der Waals surface area contributed by atoms with Gasteiger partial charge in [0, 0.05) is 28.3 Å².